The maximum atomic E-state index is 4.77. The first-order valence-corrected chi connectivity index (χ1v) is 9.78. The lowest BCUT2D eigenvalue weighted by molar-refractivity contribution is 0.434. The summed E-state index contributed by atoms with van der Waals surface area (Å²) in [5.74, 6) is 2.55. The van der Waals surface area contributed by atoms with Crippen molar-refractivity contribution in [1.29, 1.82) is 0 Å². The van der Waals surface area contributed by atoms with Gasteiger partial charge in [-0.1, -0.05) is 6.92 Å². The zero-order chi connectivity index (χ0) is 19.8. The van der Waals surface area contributed by atoms with E-state index in [0.717, 1.165) is 54.7 Å². The summed E-state index contributed by atoms with van der Waals surface area (Å²) in [6.07, 6.45) is 7.54. The predicted molar refractivity (Wildman–Crippen MR) is 108 cm³/mol. The van der Waals surface area contributed by atoms with E-state index in [2.05, 4.69) is 42.1 Å². The molecule has 9 heteroatoms. The molecule has 0 saturated carbocycles. The smallest absolute Gasteiger partial charge is 0.272 e. The quantitative estimate of drug-likeness (QED) is 0.529. The first kappa shape index (κ1) is 17.6. The number of anilines is 1. The molecule has 0 aromatic carbocycles. The largest absolute Gasteiger partial charge is 0.341 e. The highest BCUT2D eigenvalue weighted by Crippen LogP contribution is 2.24. The van der Waals surface area contributed by atoms with Crippen molar-refractivity contribution in [2.24, 2.45) is 5.92 Å². The van der Waals surface area contributed by atoms with Crippen LogP contribution in [0.2, 0.25) is 0 Å². The van der Waals surface area contributed by atoms with Gasteiger partial charge in [-0.05, 0) is 43.9 Å². The van der Waals surface area contributed by atoms with Crippen LogP contribution in [0.4, 0.5) is 5.95 Å². The summed E-state index contributed by atoms with van der Waals surface area (Å²) in [7, 11) is 0. The van der Waals surface area contributed by atoms with Gasteiger partial charge in [0.1, 0.15) is 5.69 Å². The van der Waals surface area contributed by atoms with E-state index in [1.807, 2.05) is 25.1 Å². The monoisotopic (exact) mass is 387 g/mol. The Morgan fingerprint density at radius 3 is 2.55 bits per heavy atom. The first-order chi connectivity index (χ1) is 14.2. The molecule has 1 aliphatic heterocycles. The highest BCUT2D eigenvalue weighted by molar-refractivity contribution is 5.61. The normalized spacial score (nSPS) is 15.2. The van der Waals surface area contributed by atoms with Crippen molar-refractivity contribution in [2.75, 3.05) is 18.0 Å². The molecule has 0 amide bonds. The molecule has 29 heavy (non-hydrogen) atoms. The van der Waals surface area contributed by atoms with Crippen LogP contribution in [0, 0.1) is 12.8 Å². The van der Waals surface area contributed by atoms with Crippen LogP contribution in [-0.2, 0) is 0 Å². The molecule has 0 radical (unpaired) electrons. The first-order valence-electron chi connectivity index (χ1n) is 9.78. The summed E-state index contributed by atoms with van der Waals surface area (Å²) in [5, 5.41) is 13.3. The Hall–Kier alpha value is -3.49. The standard InChI is InChI=1S/C20H21N9/c1-13-6-11-28(12-7-13)19-22-10-5-16(23-19)17-14(2)29-20(26-25-17)24-18(27-29)15-3-8-21-9-4-15/h3-5,8-10,13H,6-7,11-12H2,1-2H3. The van der Waals surface area contributed by atoms with E-state index in [9.17, 15) is 0 Å². The van der Waals surface area contributed by atoms with Gasteiger partial charge < -0.3 is 4.90 Å². The summed E-state index contributed by atoms with van der Waals surface area (Å²) in [6.45, 7) is 6.20. The van der Waals surface area contributed by atoms with E-state index in [4.69, 9.17) is 4.98 Å². The van der Waals surface area contributed by atoms with E-state index >= 15 is 0 Å². The lowest BCUT2D eigenvalue weighted by Crippen LogP contribution is -2.34. The average Bonchev–Trinajstić information content (AvgIpc) is 3.21. The van der Waals surface area contributed by atoms with Gasteiger partial charge in [-0.3, -0.25) is 4.98 Å². The number of hydrogen-bond donors (Lipinski definition) is 0. The Bertz CT molecular complexity index is 1150. The summed E-state index contributed by atoms with van der Waals surface area (Å²) in [4.78, 5) is 20.0. The maximum Gasteiger partial charge on any atom is 0.272 e. The summed E-state index contributed by atoms with van der Waals surface area (Å²) < 4.78 is 1.71. The van der Waals surface area contributed by atoms with Gasteiger partial charge in [-0.15, -0.1) is 15.3 Å². The second kappa shape index (κ2) is 7.16. The maximum absolute atomic E-state index is 4.77. The van der Waals surface area contributed by atoms with Gasteiger partial charge in [0.2, 0.25) is 5.95 Å². The van der Waals surface area contributed by atoms with Crippen LogP contribution in [0.1, 0.15) is 25.5 Å². The molecule has 0 aliphatic carbocycles. The fourth-order valence-electron chi connectivity index (χ4n) is 3.56. The number of aromatic nitrogens is 8. The third-order valence-electron chi connectivity index (χ3n) is 5.38. The van der Waals surface area contributed by atoms with E-state index < -0.39 is 0 Å². The summed E-state index contributed by atoms with van der Waals surface area (Å²) in [6, 6.07) is 5.60. The molecule has 0 spiro atoms. The van der Waals surface area contributed by atoms with Gasteiger partial charge in [0, 0.05) is 37.2 Å². The van der Waals surface area contributed by atoms with E-state index in [-0.39, 0.29) is 0 Å². The van der Waals surface area contributed by atoms with E-state index in [0.29, 0.717) is 17.3 Å². The number of rotatable bonds is 3. The molecule has 0 unspecified atom stereocenters. The fraction of sp³-hybridized carbons (Fsp3) is 0.350. The van der Waals surface area contributed by atoms with Crippen LogP contribution in [0.5, 0.6) is 0 Å². The van der Waals surface area contributed by atoms with E-state index in [1.165, 1.54) is 0 Å². The molecule has 5 rings (SSSR count). The molecule has 146 valence electrons. The summed E-state index contributed by atoms with van der Waals surface area (Å²) in [5.41, 5.74) is 3.13. The highest BCUT2D eigenvalue weighted by atomic mass is 15.4. The predicted octanol–water partition coefficient (Wildman–Crippen LogP) is 2.58. The van der Waals surface area contributed by atoms with Crippen LogP contribution in [0.15, 0.2) is 36.8 Å². The molecule has 0 N–H and O–H groups in total. The SMILES string of the molecule is Cc1c(-c2ccnc(N3CCC(C)CC3)n2)nnc2nc(-c3ccncc3)nn12. The van der Waals surface area contributed by atoms with Crippen molar-refractivity contribution in [1.82, 2.24) is 39.7 Å². The van der Waals surface area contributed by atoms with Crippen LogP contribution < -0.4 is 4.90 Å². The van der Waals surface area contributed by atoms with Crippen molar-refractivity contribution in [3.63, 3.8) is 0 Å². The lowest BCUT2D eigenvalue weighted by atomic mass is 10.00. The van der Waals surface area contributed by atoms with Crippen molar-refractivity contribution in [3.05, 3.63) is 42.5 Å². The van der Waals surface area contributed by atoms with Gasteiger partial charge in [0.25, 0.3) is 5.78 Å². The van der Waals surface area contributed by atoms with Crippen molar-refractivity contribution < 1.29 is 0 Å². The number of piperidine rings is 1. The number of nitrogens with zero attached hydrogens (tertiary/aromatic N) is 9. The Morgan fingerprint density at radius 2 is 1.76 bits per heavy atom. The third-order valence-corrected chi connectivity index (χ3v) is 5.38. The minimum Gasteiger partial charge on any atom is -0.341 e. The van der Waals surface area contributed by atoms with Crippen LogP contribution in [0.25, 0.3) is 28.6 Å². The number of fused-ring (bicyclic) bond motifs is 1. The van der Waals surface area contributed by atoms with Gasteiger partial charge in [0.15, 0.2) is 5.82 Å². The fourth-order valence-corrected chi connectivity index (χ4v) is 3.56. The Balaban J connectivity index is 1.52. The van der Waals surface area contributed by atoms with Gasteiger partial charge in [0.05, 0.1) is 11.4 Å². The molecule has 4 aromatic rings. The van der Waals surface area contributed by atoms with Crippen LogP contribution in [0.3, 0.4) is 0 Å². The third kappa shape index (κ3) is 3.28. The topological polar surface area (TPSA) is 97.9 Å². The average molecular weight is 387 g/mol. The molecule has 1 aliphatic rings. The van der Waals surface area contributed by atoms with Gasteiger partial charge in [-0.2, -0.15) is 9.50 Å². The van der Waals surface area contributed by atoms with Gasteiger partial charge in [-0.25, -0.2) is 9.97 Å². The second-order valence-corrected chi connectivity index (χ2v) is 7.43. The lowest BCUT2D eigenvalue weighted by Gasteiger charge is -2.30. The second-order valence-electron chi connectivity index (χ2n) is 7.43. The molecular formula is C20H21N9. The Morgan fingerprint density at radius 1 is 0.966 bits per heavy atom. The molecule has 0 bridgehead atoms. The number of pyridine rings is 1. The molecule has 0 atom stereocenters. The minimum atomic E-state index is 0.456. The molecule has 9 nitrogen and oxygen atoms in total. The molecule has 1 saturated heterocycles. The van der Waals surface area contributed by atoms with E-state index in [1.54, 1.807) is 23.1 Å². The Kier molecular flexibility index (Phi) is 4.34. The highest BCUT2D eigenvalue weighted by Gasteiger charge is 2.20. The minimum absolute atomic E-state index is 0.456. The molecule has 5 heterocycles. The van der Waals surface area contributed by atoms with Gasteiger partial charge >= 0.3 is 0 Å². The Labute approximate surface area is 167 Å². The summed E-state index contributed by atoms with van der Waals surface area (Å²) >= 11 is 0. The zero-order valence-corrected chi connectivity index (χ0v) is 16.4. The molecule has 4 aromatic heterocycles. The van der Waals surface area contributed by atoms with Crippen molar-refractivity contribution >= 4 is 11.7 Å². The number of hydrogen-bond acceptors (Lipinski definition) is 8. The molecule has 1 fully saturated rings. The van der Waals surface area contributed by atoms with Crippen molar-refractivity contribution in [2.45, 2.75) is 26.7 Å². The van der Waals surface area contributed by atoms with Crippen LogP contribution in [-0.4, -0.2) is 52.8 Å². The number of aryl methyl sites for hydroxylation is 1. The van der Waals surface area contributed by atoms with Crippen molar-refractivity contribution in [3.8, 4) is 22.8 Å². The zero-order valence-electron chi connectivity index (χ0n) is 16.4. The molecular weight excluding hydrogens is 366 g/mol. The van der Waals surface area contributed by atoms with Crippen LogP contribution >= 0.6 is 0 Å².